The molecule has 1 atom stereocenters. The van der Waals surface area contributed by atoms with Crippen molar-refractivity contribution in [3.8, 4) is 5.75 Å². The molecule has 0 radical (unpaired) electrons. The fourth-order valence-electron chi connectivity index (χ4n) is 3.02. The molecule has 0 aliphatic carbocycles. The summed E-state index contributed by atoms with van der Waals surface area (Å²) in [5.41, 5.74) is 0.846. The first-order valence-corrected chi connectivity index (χ1v) is 10.1. The van der Waals surface area contributed by atoms with E-state index in [1.54, 1.807) is 12.1 Å². The van der Waals surface area contributed by atoms with Crippen molar-refractivity contribution in [2.45, 2.75) is 31.9 Å². The van der Waals surface area contributed by atoms with Crippen LogP contribution in [0.4, 0.5) is 0 Å². The zero-order valence-corrected chi connectivity index (χ0v) is 15.2. The van der Waals surface area contributed by atoms with E-state index >= 15 is 0 Å². The highest BCUT2D eigenvalue weighted by Gasteiger charge is 2.37. The van der Waals surface area contributed by atoms with Crippen LogP contribution in [-0.4, -0.2) is 55.7 Å². The van der Waals surface area contributed by atoms with Gasteiger partial charge in [-0.15, -0.1) is 0 Å². The lowest BCUT2D eigenvalue weighted by Gasteiger charge is -2.27. The Kier molecular flexibility index (Phi) is 5.26. The summed E-state index contributed by atoms with van der Waals surface area (Å²) in [5.74, 6) is -0.363. The number of hydrazone groups is 1. The first-order valence-electron chi connectivity index (χ1n) is 8.28. The summed E-state index contributed by atoms with van der Waals surface area (Å²) >= 11 is 0. The van der Waals surface area contributed by atoms with E-state index in [0.717, 1.165) is 10.6 Å². The first kappa shape index (κ1) is 18.4. The van der Waals surface area contributed by atoms with Gasteiger partial charge in [0.25, 0.3) is 0 Å². The van der Waals surface area contributed by atoms with Crippen LogP contribution in [0.1, 0.15) is 24.8 Å². The van der Waals surface area contributed by atoms with Crippen molar-refractivity contribution in [1.82, 2.24) is 5.01 Å². The molecular weight excluding hydrogens is 360 g/mol. The molecule has 2 aliphatic rings. The van der Waals surface area contributed by atoms with E-state index in [1.807, 2.05) is 12.1 Å². The highest BCUT2D eigenvalue weighted by atomic mass is 32.2. The smallest absolute Gasteiger partial charge is 0.354 e. The Morgan fingerprint density at radius 3 is 2.77 bits per heavy atom. The molecule has 1 fully saturated rings. The highest BCUT2D eigenvalue weighted by molar-refractivity contribution is 7.91. The molecule has 8 nitrogen and oxygen atoms in total. The van der Waals surface area contributed by atoms with E-state index in [4.69, 9.17) is 9.47 Å². The molecule has 1 aromatic carbocycles. The Morgan fingerprint density at radius 1 is 1.31 bits per heavy atom. The number of benzene rings is 1. The van der Waals surface area contributed by atoms with Gasteiger partial charge in [-0.1, -0.05) is 18.2 Å². The molecule has 2 aliphatic heterocycles. The fourth-order valence-corrected chi connectivity index (χ4v) is 4.71. The molecule has 0 bridgehead atoms. The van der Waals surface area contributed by atoms with E-state index in [0.29, 0.717) is 12.2 Å². The van der Waals surface area contributed by atoms with Crippen LogP contribution in [0.3, 0.4) is 0 Å². The number of esters is 1. The fraction of sp³-hybridized carbons (Fsp3) is 0.471. The summed E-state index contributed by atoms with van der Waals surface area (Å²) in [6.07, 6.45) is 0.625. The maximum atomic E-state index is 12.3. The molecule has 140 valence electrons. The molecule has 0 unspecified atom stereocenters. The van der Waals surface area contributed by atoms with Gasteiger partial charge in [-0.2, -0.15) is 5.10 Å². The number of ether oxygens (including phenoxy) is 2. The quantitative estimate of drug-likeness (QED) is 0.704. The summed E-state index contributed by atoms with van der Waals surface area (Å²) < 4.78 is 33.8. The average Bonchev–Trinajstić information content (AvgIpc) is 3.00. The van der Waals surface area contributed by atoms with Crippen molar-refractivity contribution in [2.24, 2.45) is 5.10 Å². The number of carbonyl (C=O) groups excluding carboxylic acids is 2. The number of amides is 1. The van der Waals surface area contributed by atoms with Crippen molar-refractivity contribution in [3.05, 3.63) is 29.8 Å². The van der Waals surface area contributed by atoms with Crippen LogP contribution in [0.5, 0.6) is 5.75 Å². The summed E-state index contributed by atoms with van der Waals surface area (Å²) in [6, 6.07) is 6.67. The molecule has 0 spiro atoms. The Morgan fingerprint density at radius 2 is 2.08 bits per heavy atom. The number of nitrogens with zero attached hydrogens (tertiary/aromatic N) is 2. The van der Waals surface area contributed by atoms with Crippen molar-refractivity contribution in [2.75, 3.05) is 18.6 Å². The van der Waals surface area contributed by atoms with Gasteiger partial charge in [0.1, 0.15) is 18.1 Å². The van der Waals surface area contributed by atoms with Gasteiger partial charge >= 0.3 is 5.97 Å². The predicted molar refractivity (Wildman–Crippen MR) is 93.4 cm³/mol. The normalized spacial score (nSPS) is 22.0. The molecule has 9 heteroatoms. The van der Waals surface area contributed by atoms with Crippen molar-refractivity contribution >= 4 is 27.4 Å². The Bertz CT molecular complexity index is 849. The third-order valence-electron chi connectivity index (χ3n) is 4.40. The number of rotatable bonds is 5. The van der Waals surface area contributed by atoms with Gasteiger partial charge in [-0.3, -0.25) is 4.79 Å². The van der Waals surface area contributed by atoms with Crippen molar-refractivity contribution in [1.29, 1.82) is 0 Å². The minimum atomic E-state index is -3.15. The first-order chi connectivity index (χ1) is 12.4. The number of sulfone groups is 1. The molecule has 2 heterocycles. The monoisotopic (exact) mass is 380 g/mol. The van der Waals surface area contributed by atoms with Crippen molar-refractivity contribution in [3.63, 3.8) is 0 Å². The largest absolute Gasteiger partial charge is 0.496 e. The van der Waals surface area contributed by atoms with Gasteiger partial charge in [-0.25, -0.2) is 18.2 Å². The van der Waals surface area contributed by atoms with Crippen LogP contribution >= 0.6 is 0 Å². The maximum Gasteiger partial charge on any atom is 0.354 e. The summed E-state index contributed by atoms with van der Waals surface area (Å²) in [5, 5.41) is 5.24. The standard InChI is InChI=1S/C17H20N2O6S/c1-24-15-5-3-2-4-12(15)10-25-17(21)14-6-7-16(20)19(18-14)13-8-9-26(22,23)11-13/h2-5,13H,6-11H2,1H3/t13-/m0/s1. The van der Waals surface area contributed by atoms with E-state index < -0.39 is 21.8 Å². The molecule has 1 amide bonds. The molecule has 0 saturated carbocycles. The molecule has 1 saturated heterocycles. The third kappa shape index (κ3) is 4.04. The van der Waals surface area contributed by atoms with E-state index in [9.17, 15) is 18.0 Å². The number of para-hydroxylation sites is 1. The van der Waals surface area contributed by atoms with Crippen LogP contribution in [0.15, 0.2) is 29.4 Å². The molecule has 0 aromatic heterocycles. The summed E-state index contributed by atoms with van der Waals surface area (Å²) in [4.78, 5) is 24.4. The lowest BCUT2D eigenvalue weighted by atomic mass is 10.1. The Labute approximate surface area is 151 Å². The Hall–Kier alpha value is -2.42. The number of carbonyl (C=O) groups is 2. The summed E-state index contributed by atoms with van der Waals surface area (Å²) in [7, 11) is -1.62. The second-order valence-electron chi connectivity index (χ2n) is 6.23. The lowest BCUT2D eigenvalue weighted by Crippen LogP contribution is -2.42. The van der Waals surface area contributed by atoms with Crippen molar-refractivity contribution < 1.29 is 27.5 Å². The van der Waals surface area contributed by atoms with Gasteiger partial charge in [-0.05, 0) is 12.5 Å². The van der Waals surface area contributed by atoms with Crippen LogP contribution in [0.25, 0.3) is 0 Å². The van der Waals surface area contributed by atoms with Gasteiger partial charge < -0.3 is 9.47 Å². The van der Waals surface area contributed by atoms with Crippen LogP contribution < -0.4 is 4.74 Å². The van der Waals surface area contributed by atoms with E-state index in [-0.39, 0.29) is 42.6 Å². The predicted octanol–water partition coefficient (Wildman–Crippen LogP) is 0.904. The maximum absolute atomic E-state index is 12.3. The van der Waals surface area contributed by atoms with Crippen LogP contribution in [0, 0.1) is 0 Å². The number of methoxy groups -OCH3 is 1. The second kappa shape index (κ2) is 7.45. The lowest BCUT2D eigenvalue weighted by molar-refractivity contribution is -0.138. The third-order valence-corrected chi connectivity index (χ3v) is 6.15. The van der Waals surface area contributed by atoms with E-state index in [1.165, 1.54) is 7.11 Å². The highest BCUT2D eigenvalue weighted by Crippen LogP contribution is 2.23. The zero-order chi connectivity index (χ0) is 18.7. The molecule has 1 aromatic rings. The summed E-state index contributed by atoms with van der Waals surface area (Å²) in [6.45, 7) is 0.0214. The van der Waals surface area contributed by atoms with Crippen LogP contribution in [0.2, 0.25) is 0 Å². The molecule has 26 heavy (non-hydrogen) atoms. The SMILES string of the molecule is COc1ccccc1COC(=O)C1=NN([C@H]2CCS(=O)(=O)C2)C(=O)CC1. The van der Waals surface area contributed by atoms with Crippen LogP contribution in [-0.2, 0) is 30.8 Å². The minimum absolute atomic E-state index is 0.0214. The van der Waals surface area contributed by atoms with Gasteiger partial charge in [0.2, 0.25) is 5.91 Å². The topological polar surface area (TPSA) is 102 Å². The van der Waals surface area contributed by atoms with Gasteiger partial charge in [0, 0.05) is 18.4 Å². The van der Waals surface area contributed by atoms with Gasteiger partial charge in [0.15, 0.2) is 9.84 Å². The van der Waals surface area contributed by atoms with Gasteiger partial charge in [0.05, 0.1) is 24.7 Å². The second-order valence-corrected chi connectivity index (χ2v) is 8.46. The number of hydrogen-bond donors (Lipinski definition) is 0. The van der Waals surface area contributed by atoms with E-state index in [2.05, 4.69) is 5.10 Å². The zero-order valence-electron chi connectivity index (χ0n) is 14.4. The molecular formula is C17H20N2O6S. The minimum Gasteiger partial charge on any atom is -0.496 e. The average molecular weight is 380 g/mol. The molecule has 3 rings (SSSR count). The Balaban J connectivity index is 1.68. The number of hydrogen-bond acceptors (Lipinski definition) is 7. The molecule has 0 N–H and O–H groups in total.